The smallest absolute Gasteiger partial charge is 0.178 e. The molecule has 0 amide bonds. The van der Waals surface area contributed by atoms with E-state index in [1.807, 2.05) is 35.7 Å². The van der Waals surface area contributed by atoms with Crippen molar-refractivity contribution in [2.24, 2.45) is 5.92 Å². The number of ether oxygens (including phenoxy) is 1. The van der Waals surface area contributed by atoms with Crippen LogP contribution in [0.5, 0.6) is 5.75 Å². The van der Waals surface area contributed by atoms with Crippen LogP contribution in [0.3, 0.4) is 0 Å². The van der Waals surface area contributed by atoms with Gasteiger partial charge in [-0.1, -0.05) is 36.6 Å². The van der Waals surface area contributed by atoms with Gasteiger partial charge in [0.05, 0.1) is 0 Å². The van der Waals surface area contributed by atoms with E-state index in [0.717, 1.165) is 39.8 Å². The molecule has 2 N–H and O–H groups in total. The third-order valence-electron chi connectivity index (χ3n) is 5.17. The van der Waals surface area contributed by atoms with Gasteiger partial charge in [-0.15, -0.1) is 11.3 Å². The molecule has 1 atom stereocenters. The summed E-state index contributed by atoms with van der Waals surface area (Å²) in [5, 5.41) is 19.7. The maximum Gasteiger partial charge on any atom is 0.178 e. The molecule has 2 aromatic heterocycles. The summed E-state index contributed by atoms with van der Waals surface area (Å²) < 4.78 is 12.2. The second-order valence-electron chi connectivity index (χ2n) is 7.30. The second kappa shape index (κ2) is 8.87. The SMILES string of the molecule is O[C@H](CNCC1CCCCC1)COc1cccc(-c2noc3ccsc23)c1. The van der Waals surface area contributed by atoms with Gasteiger partial charge in [0.15, 0.2) is 5.58 Å². The molecule has 0 saturated heterocycles. The van der Waals surface area contributed by atoms with Crippen LogP contribution in [0.4, 0.5) is 0 Å². The van der Waals surface area contributed by atoms with Gasteiger partial charge >= 0.3 is 0 Å². The third-order valence-corrected chi connectivity index (χ3v) is 6.07. The molecule has 0 bridgehead atoms. The highest BCUT2D eigenvalue weighted by Gasteiger charge is 2.15. The van der Waals surface area contributed by atoms with E-state index in [-0.39, 0.29) is 6.61 Å². The van der Waals surface area contributed by atoms with E-state index in [4.69, 9.17) is 9.26 Å². The fourth-order valence-corrected chi connectivity index (χ4v) is 4.51. The Balaban J connectivity index is 1.27. The van der Waals surface area contributed by atoms with Crippen molar-refractivity contribution in [1.82, 2.24) is 10.5 Å². The van der Waals surface area contributed by atoms with Crippen LogP contribution in [-0.4, -0.2) is 36.1 Å². The number of hydrogen-bond donors (Lipinski definition) is 2. The van der Waals surface area contributed by atoms with Gasteiger partial charge in [-0.2, -0.15) is 0 Å². The molecule has 27 heavy (non-hydrogen) atoms. The number of aliphatic hydroxyl groups excluding tert-OH is 1. The molecular formula is C21H26N2O3S. The third kappa shape index (κ3) is 4.69. The van der Waals surface area contributed by atoms with E-state index in [9.17, 15) is 5.11 Å². The monoisotopic (exact) mass is 386 g/mol. The zero-order valence-corrected chi connectivity index (χ0v) is 16.2. The summed E-state index contributed by atoms with van der Waals surface area (Å²) in [6, 6.07) is 9.70. The Hall–Kier alpha value is -1.89. The highest BCUT2D eigenvalue weighted by Crippen LogP contribution is 2.33. The van der Waals surface area contributed by atoms with Crippen LogP contribution >= 0.6 is 11.3 Å². The lowest BCUT2D eigenvalue weighted by atomic mass is 9.89. The predicted molar refractivity (Wildman–Crippen MR) is 108 cm³/mol. The Kier molecular flexibility index (Phi) is 6.07. The average Bonchev–Trinajstić information content (AvgIpc) is 3.31. The zero-order valence-electron chi connectivity index (χ0n) is 15.4. The molecule has 144 valence electrons. The minimum absolute atomic E-state index is 0.272. The lowest BCUT2D eigenvalue weighted by Gasteiger charge is -2.22. The summed E-state index contributed by atoms with van der Waals surface area (Å²) in [6.45, 7) is 1.83. The maximum atomic E-state index is 10.2. The van der Waals surface area contributed by atoms with Crippen molar-refractivity contribution >= 4 is 21.6 Å². The average molecular weight is 387 g/mol. The topological polar surface area (TPSA) is 67.5 Å². The molecule has 1 aromatic carbocycles. The van der Waals surface area contributed by atoms with Crippen molar-refractivity contribution in [2.75, 3.05) is 19.7 Å². The van der Waals surface area contributed by atoms with E-state index in [2.05, 4.69) is 10.5 Å². The van der Waals surface area contributed by atoms with Gasteiger partial charge in [-0.05, 0) is 48.9 Å². The fourth-order valence-electron chi connectivity index (χ4n) is 3.69. The molecule has 6 heteroatoms. The minimum atomic E-state index is -0.520. The molecule has 4 rings (SSSR count). The lowest BCUT2D eigenvalue weighted by molar-refractivity contribution is 0.105. The van der Waals surface area contributed by atoms with Crippen LogP contribution in [0.1, 0.15) is 32.1 Å². The summed E-state index contributed by atoms with van der Waals surface area (Å²) in [5.41, 5.74) is 2.60. The van der Waals surface area contributed by atoms with E-state index in [1.165, 1.54) is 32.1 Å². The highest BCUT2D eigenvalue weighted by atomic mass is 32.1. The Morgan fingerprint density at radius 2 is 2.15 bits per heavy atom. The molecule has 1 fully saturated rings. The van der Waals surface area contributed by atoms with Gasteiger partial charge in [0, 0.05) is 12.1 Å². The normalized spacial score (nSPS) is 16.6. The number of benzene rings is 1. The van der Waals surface area contributed by atoms with Crippen molar-refractivity contribution in [3.8, 4) is 17.0 Å². The van der Waals surface area contributed by atoms with Gasteiger partial charge in [-0.25, -0.2) is 0 Å². The summed E-state index contributed by atoms with van der Waals surface area (Å²) in [6.07, 6.45) is 6.17. The standard InChI is InChI=1S/C21H26N2O3S/c24-17(13-22-12-15-5-2-1-3-6-15)14-25-18-8-4-7-16(11-18)20-21-19(26-23-20)9-10-27-21/h4,7-11,15,17,22,24H,1-3,5-6,12-14H2/t17-/m1/s1. The molecule has 1 aliphatic carbocycles. The minimum Gasteiger partial charge on any atom is -0.491 e. The van der Waals surface area contributed by atoms with Crippen molar-refractivity contribution < 1.29 is 14.4 Å². The molecule has 3 aromatic rings. The number of thiophene rings is 1. The van der Waals surface area contributed by atoms with Crippen molar-refractivity contribution in [3.63, 3.8) is 0 Å². The van der Waals surface area contributed by atoms with Gasteiger partial charge in [-0.3, -0.25) is 0 Å². The number of fused-ring (bicyclic) bond motifs is 1. The van der Waals surface area contributed by atoms with Crippen LogP contribution in [-0.2, 0) is 0 Å². The van der Waals surface area contributed by atoms with Crippen molar-refractivity contribution in [3.05, 3.63) is 35.7 Å². The van der Waals surface area contributed by atoms with Gasteiger partial charge in [0.1, 0.15) is 28.9 Å². The first-order valence-electron chi connectivity index (χ1n) is 9.74. The number of aromatic nitrogens is 1. The molecule has 1 saturated carbocycles. The lowest BCUT2D eigenvalue weighted by Crippen LogP contribution is -2.34. The van der Waals surface area contributed by atoms with Gasteiger partial charge < -0.3 is 19.7 Å². The van der Waals surface area contributed by atoms with Gasteiger partial charge in [0.2, 0.25) is 0 Å². The van der Waals surface area contributed by atoms with E-state index in [0.29, 0.717) is 6.54 Å². The van der Waals surface area contributed by atoms with Crippen LogP contribution < -0.4 is 10.1 Å². The zero-order chi connectivity index (χ0) is 18.5. The molecule has 5 nitrogen and oxygen atoms in total. The molecular weight excluding hydrogens is 360 g/mol. The molecule has 0 spiro atoms. The Bertz CT molecular complexity index is 854. The van der Waals surface area contributed by atoms with E-state index in [1.54, 1.807) is 11.3 Å². The predicted octanol–water partition coefficient (Wildman–Crippen LogP) is 4.47. The molecule has 0 aliphatic heterocycles. The van der Waals surface area contributed by atoms with E-state index >= 15 is 0 Å². The first kappa shape index (κ1) is 18.5. The molecule has 0 radical (unpaired) electrons. The van der Waals surface area contributed by atoms with Crippen molar-refractivity contribution in [2.45, 2.75) is 38.2 Å². The number of rotatable bonds is 8. The Morgan fingerprint density at radius 1 is 1.26 bits per heavy atom. The second-order valence-corrected chi connectivity index (χ2v) is 8.22. The first-order valence-corrected chi connectivity index (χ1v) is 10.6. The number of nitrogens with one attached hydrogen (secondary N) is 1. The maximum absolute atomic E-state index is 10.2. The fraction of sp³-hybridized carbons (Fsp3) is 0.476. The molecule has 0 unspecified atom stereocenters. The van der Waals surface area contributed by atoms with Crippen LogP contribution in [0.2, 0.25) is 0 Å². The van der Waals surface area contributed by atoms with Crippen LogP contribution in [0.15, 0.2) is 40.2 Å². The molecule has 2 heterocycles. The summed E-state index contributed by atoms with van der Waals surface area (Å²) >= 11 is 1.61. The number of aliphatic hydroxyl groups is 1. The quantitative estimate of drug-likeness (QED) is 0.598. The van der Waals surface area contributed by atoms with Crippen LogP contribution in [0, 0.1) is 5.92 Å². The van der Waals surface area contributed by atoms with Crippen LogP contribution in [0.25, 0.3) is 21.5 Å². The molecule has 1 aliphatic rings. The first-order chi connectivity index (χ1) is 13.3. The number of nitrogens with zero attached hydrogens (tertiary/aromatic N) is 1. The summed E-state index contributed by atoms with van der Waals surface area (Å²) in [5.74, 6) is 1.49. The van der Waals surface area contributed by atoms with E-state index < -0.39 is 6.10 Å². The summed E-state index contributed by atoms with van der Waals surface area (Å²) in [4.78, 5) is 0. The summed E-state index contributed by atoms with van der Waals surface area (Å²) in [7, 11) is 0. The Morgan fingerprint density at radius 3 is 3.04 bits per heavy atom. The number of hydrogen-bond acceptors (Lipinski definition) is 6. The largest absolute Gasteiger partial charge is 0.491 e. The Labute approximate surface area is 163 Å². The van der Waals surface area contributed by atoms with Crippen molar-refractivity contribution in [1.29, 1.82) is 0 Å². The van der Waals surface area contributed by atoms with Gasteiger partial charge in [0.25, 0.3) is 0 Å². The highest BCUT2D eigenvalue weighted by molar-refractivity contribution is 7.17.